The SMILES string of the molecule is CCNC(=NCC(C)(C)CCS(C)(=O)=O)N(C)Cc1ccc(N2CCCCC2)cc1.I. The highest BCUT2D eigenvalue weighted by Gasteiger charge is 2.21. The topological polar surface area (TPSA) is 65.0 Å². The molecular formula is C23H41IN4O2S. The first-order chi connectivity index (χ1) is 14.1. The van der Waals surface area contributed by atoms with Crippen molar-refractivity contribution in [2.24, 2.45) is 10.4 Å². The van der Waals surface area contributed by atoms with Crippen LogP contribution in [-0.2, 0) is 16.4 Å². The van der Waals surface area contributed by atoms with Gasteiger partial charge < -0.3 is 15.1 Å². The largest absolute Gasteiger partial charge is 0.372 e. The molecule has 0 radical (unpaired) electrons. The van der Waals surface area contributed by atoms with Crippen molar-refractivity contribution < 1.29 is 8.42 Å². The molecule has 1 aromatic rings. The summed E-state index contributed by atoms with van der Waals surface area (Å²) in [7, 11) is -0.908. The van der Waals surface area contributed by atoms with E-state index in [4.69, 9.17) is 4.99 Å². The molecule has 0 saturated carbocycles. The Bertz CT molecular complexity index is 788. The molecule has 1 N–H and O–H groups in total. The molecule has 1 aromatic carbocycles. The van der Waals surface area contributed by atoms with Crippen LogP contribution in [0.3, 0.4) is 0 Å². The second-order valence-corrected chi connectivity index (χ2v) is 11.5. The van der Waals surface area contributed by atoms with Gasteiger partial charge in [-0.05, 0) is 55.7 Å². The maximum atomic E-state index is 11.5. The molecule has 1 heterocycles. The van der Waals surface area contributed by atoms with Crippen LogP contribution in [0.5, 0.6) is 0 Å². The Morgan fingerprint density at radius 3 is 2.32 bits per heavy atom. The molecule has 0 aliphatic carbocycles. The van der Waals surface area contributed by atoms with E-state index in [1.54, 1.807) is 0 Å². The fourth-order valence-corrected chi connectivity index (χ4v) is 4.54. The van der Waals surface area contributed by atoms with Crippen molar-refractivity contribution in [2.75, 3.05) is 50.1 Å². The predicted molar refractivity (Wildman–Crippen MR) is 143 cm³/mol. The summed E-state index contributed by atoms with van der Waals surface area (Å²) < 4.78 is 23.0. The molecule has 6 nitrogen and oxygen atoms in total. The summed E-state index contributed by atoms with van der Waals surface area (Å²) in [5, 5.41) is 3.36. The number of nitrogens with zero attached hydrogens (tertiary/aromatic N) is 3. The van der Waals surface area contributed by atoms with E-state index in [-0.39, 0.29) is 35.1 Å². The molecule has 0 unspecified atom stereocenters. The molecule has 1 fully saturated rings. The van der Waals surface area contributed by atoms with Crippen LogP contribution in [0.4, 0.5) is 5.69 Å². The van der Waals surface area contributed by atoms with E-state index in [9.17, 15) is 8.42 Å². The number of halogens is 1. The monoisotopic (exact) mass is 564 g/mol. The van der Waals surface area contributed by atoms with Gasteiger partial charge in [-0.25, -0.2) is 8.42 Å². The summed E-state index contributed by atoms with van der Waals surface area (Å²) in [5.74, 6) is 1.05. The number of rotatable bonds is 9. The van der Waals surface area contributed by atoms with Gasteiger partial charge in [0.2, 0.25) is 0 Å². The molecule has 1 saturated heterocycles. The van der Waals surface area contributed by atoms with Gasteiger partial charge in [-0.2, -0.15) is 0 Å². The Balaban J connectivity index is 0.00000480. The third-order valence-corrected chi connectivity index (χ3v) is 6.53. The highest BCUT2D eigenvalue weighted by atomic mass is 127. The molecule has 0 bridgehead atoms. The number of hydrogen-bond acceptors (Lipinski definition) is 4. The third kappa shape index (κ3) is 10.4. The van der Waals surface area contributed by atoms with Crippen LogP contribution in [-0.4, -0.2) is 64.5 Å². The minimum atomic E-state index is -2.95. The van der Waals surface area contributed by atoms with Gasteiger partial charge in [-0.3, -0.25) is 4.99 Å². The molecule has 2 rings (SSSR count). The minimum Gasteiger partial charge on any atom is -0.372 e. The first kappa shape index (κ1) is 28.0. The van der Waals surface area contributed by atoms with Crippen molar-refractivity contribution in [3.63, 3.8) is 0 Å². The van der Waals surface area contributed by atoms with Crippen molar-refractivity contribution in [2.45, 2.75) is 53.0 Å². The third-order valence-electron chi connectivity index (χ3n) is 5.58. The molecular weight excluding hydrogens is 523 g/mol. The van der Waals surface area contributed by atoms with Gasteiger partial charge in [0.15, 0.2) is 5.96 Å². The predicted octanol–water partition coefficient (Wildman–Crippen LogP) is 4.15. The molecule has 0 amide bonds. The maximum absolute atomic E-state index is 11.5. The van der Waals surface area contributed by atoms with Gasteiger partial charge in [-0.15, -0.1) is 24.0 Å². The second kappa shape index (κ2) is 12.9. The normalized spacial score (nSPS) is 15.4. The molecule has 1 aliphatic rings. The van der Waals surface area contributed by atoms with Crippen molar-refractivity contribution in [1.82, 2.24) is 10.2 Å². The lowest BCUT2D eigenvalue weighted by Gasteiger charge is -2.29. The fraction of sp³-hybridized carbons (Fsp3) is 0.696. The van der Waals surface area contributed by atoms with Crippen molar-refractivity contribution in [1.29, 1.82) is 0 Å². The number of guanidine groups is 1. The molecule has 31 heavy (non-hydrogen) atoms. The highest BCUT2D eigenvalue weighted by molar-refractivity contribution is 14.0. The van der Waals surface area contributed by atoms with E-state index in [0.29, 0.717) is 13.0 Å². The number of sulfone groups is 1. The van der Waals surface area contributed by atoms with Crippen LogP contribution in [0.25, 0.3) is 0 Å². The molecule has 8 heteroatoms. The van der Waals surface area contributed by atoms with Crippen LogP contribution in [0, 0.1) is 5.41 Å². The average Bonchev–Trinajstić information content (AvgIpc) is 2.70. The Labute approximate surface area is 206 Å². The summed E-state index contributed by atoms with van der Waals surface area (Å²) in [4.78, 5) is 9.41. The van der Waals surface area contributed by atoms with Gasteiger partial charge in [0, 0.05) is 51.7 Å². The fourth-order valence-electron chi connectivity index (χ4n) is 3.61. The van der Waals surface area contributed by atoms with Crippen LogP contribution in [0.1, 0.15) is 52.0 Å². The van der Waals surface area contributed by atoms with Crippen LogP contribution in [0.15, 0.2) is 29.3 Å². The smallest absolute Gasteiger partial charge is 0.193 e. The standard InChI is InChI=1S/C23H40N4O2S.HI/c1-6-24-22(25-19-23(2,3)14-17-30(5,28)29)26(4)18-20-10-12-21(13-11-20)27-15-8-7-9-16-27;/h10-13H,6-9,14-19H2,1-5H3,(H,24,25);1H. The summed E-state index contributed by atoms with van der Waals surface area (Å²) in [6.45, 7) is 10.7. The Morgan fingerprint density at radius 2 is 1.77 bits per heavy atom. The summed E-state index contributed by atoms with van der Waals surface area (Å²) in [6.07, 6.45) is 5.81. The molecule has 1 aliphatic heterocycles. The quantitative estimate of drug-likeness (QED) is 0.278. The van der Waals surface area contributed by atoms with Crippen LogP contribution in [0.2, 0.25) is 0 Å². The molecule has 178 valence electrons. The number of nitrogens with one attached hydrogen (secondary N) is 1. The van der Waals surface area contributed by atoms with Gasteiger partial charge in [0.1, 0.15) is 9.84 Å². The number of hydrogen-bond donors (Lipinski definition) is 1. The maximum Gasteiger partial charge on any atom is 0.193 e. The van der Waals surface area contributed by atoms with Gasteiger partial charge >= 0.3 is 0 Å². The number of benzene rings is 1. The Morgan fingerprint density at radius 1 is 1.16 bits per heavy atom. The first-order valence-electron chi connectivity index (χ1n) is 11.1. The first-order valence-corrected chi connectivity index (χ1v) is 13.2. The molecule has 0 aromatic heterocycles. The lowest BCUT2D eigenvalue weighted by molar-refractivity contribution is 0.361. The van der Waals surface area contributed by atoms with E-state index >= 15 is 0 Å². The molecule has 0 spiro atoms. The summed E-state index contributed by atoms with van der Waals surface area (Å²) >= 11 is 0. The average molecular weight is 565 g/mol. The molecule has 0 atom stereocenters. The summed E-state index contributed by atoms with van der Waals surface area (Å²) in [6, 6.07) is 8.87. The zero-order valence-electron chi connectivity index (χ0n) is 19.9. The van der Waals surface area contributed by atoms with Crippen LogP contribution < -0.4 is 10.2 Å². The summed E-state index contributed by atoms with van der Waals surface area (Å²) in [5.41, 5.74) is 2.40. The van der Waals surface area contributed by atoms with E-state index in [1.165, 1.54) is 36.8 Å². The zero-order valence-corrected chi connectivity index (χ0v) is 23.0. The van der Waals surface area contributed by atoms with Gasteiger partial charge in [0.05, 0.1) is 5.75 Å². The lowest BCUT2D eigenvalue weighted by atomic mass is 9.90. The minimum absolute atomic E-state index is 0. The van der Waals surface area contributed by atoms with E-state index < -0.39 is 9.84 Å². The van der Waals surface area contributed by atoms with E-state index in [0.717, 1.165) is 32.1 Å². The van der Waals surface area contributed by atoms with Crippen molar-refractivity contribution in [3.8, 4) is 0 Å². The second-order valence-electron chi connectivity index (χ2n) is 9.28. The van der Waals surface area contributed by atoms with E-state index in [1.807, 2.05) is 7.05 Å². The number of aliphatic imine (C=N–C) groups is 1. The Hall–Kier alpha value is -1.03. The highest BCUT2D eigenvalue weighted by Crippen LogP contribution is 2.22. The zero-order chi connectivity index (χ0) is 22.2. The number of anilines is 1. The van der Waals surface area contributed by atoms with Gasteiger partial charge in [-0.1, -0.05) is 26.0 Å². The number of piperidine rings is 1. The van der Waals surface area contributed by atoms with Crippen LogP contribution >= 0.6 is 24.0 Å². The Kier molecular flexibility index (Phi) is 11.6. The van der Waals surface area contributed by atoms with Gasteiger partial charge in [0.25, 0.3) is 0 Å². The lowest BCUT2D eigenvalue weighted by Crippen LogP contribution is -2.39. The van der Waals surface area contributed by atoms with Crippen molar-refractivity contribution >= 4 is 45.5 Å². The van der Waals surface area contributed by atoms with Crippen molar-refractivity contribution in [3.05, 3.63) is 29.8 Å². The van der Waals surface area contributed by atoms with E-state index in [2.05, 4.69) is 60.2 Å².